The van der Waals surface area contributed by atoms with Crippen LogP contribution in [-0.2, 0) is 13.7 Å². The summed E-state index contributed by atoms with van der Waals surface area (Å²) < 4.78 is 1.87. The number of aliphatic hydroxyl groups excluding tert-OH is 1. The first kappa shape index (κ1) is 13.7. The molecule has 0 unspecified atom stereocenters. The molecule has 4 nitrogen and oxygen atoms in total. The number of benzene rings is 2. The zero-order valence-corrected chi connectivity index (χ0v) is 12.3. The number of aromatic nitrogens is 2. The Hall–Kier alpha value is -2.29. The first-order valence-corrected chi connectivity index (χ1v) is 7.27. The average molecular weight is 295 g/mol. The zero-order chi connectivity index (χ0) is 14.8. The number of aliphatic hydroxyl groups is 1. The highest BCUT2D eigenvalue weighted by Gasteiger charge is 2.11. The highest BCUT2D eigenvalue weighted by molar-refractivity contribution is 7.99. The smallest absolute Gasteiger partial charge is 0.172 e. The lowest BCUT2D eigenvalue weighted by molar-refractivity contribution is 0.271. The Balaban J connectivity index is 2.09. The number of fused-ring (bicyclic) bond motifs is 1. The molecule has 0 aliphatic rings. The maximum atomic E-state index is 9.23. The normalized spacial score (nSPS) is 10.7. The predicted molar refractivity (Wildman–Crippen MR) is 81.9 cm³/mol. The molecule has 21 heavy (non-hydrogen) atoms. The van der Waals surface area contributed by atoms with Gasteiger partial charge in [0.2, 0.25) is 0 Å². The summed E-state index contributed by atoms with van der Waals surface area (Å²) in [6.45, 7) is -0.0296. The Morgan fingerprint density at radius 1 is 1.24 bits per heavy atom. The van der Waals surface area contributed by atoms with Crippen molar-refractivity contribution in [3.8, 4) is 6.07 Å². The minimum atomic E-state index is -0.0296. The van der Waals surface area contributed by atoms with Crippen LogP contribution in [0.4, 0.5) is 0 Å². The maximum Gasteiger partial charge on any atom is 0.172 e. The van der Waals surface area contributed by atoms with Gasteiger partial charge in [-0.3, -0.25) is 0 Å². The molecule has 0 aliphatic carbocycles. The molecule has 3 rings (SSSR count). The second kappa shape index (κ2) is 5.60. The fourth-order valence-electron chi connectivity index (χ4n) is 2.22. The lowest BCUT2D eigenvalue weighted by Crippen LogP contribution is -1.97. The molecule has 0 fully saturated rings. The van der Waals surface area contributed by atoms with Crippen molar-refractivity contribution >= 4 is 22.5 Å². The summed E-state index contributed by atoms with van der Waals surface area (Å²) in [5.41, 5.74) is 1.45. The Kier molecular flexibility index (Phi) is 3.65. The van der Waals surface area contributed by atoms with Crippen LogP contribution in [0.25, 0.3) is 10.8 Å². The molecule has 1 N–H and O–H groups in total. The molecule has 2 aromatic carbocycles. The number of hydrogen-bond donors (Lipinski definition) is 1. The van der Waals surface area contributed by atoms with E-state index in [9.17, 15) is 10.4 Å². The lowest BCUT2D eigenvalue weighted by Gasteiger charge is -2.08. The highest BCUT2D eigenvalue weighted by atomic mass is 32.2. The van der Waals surface area contributed by atoms with Crippen molar-refractivity contribution in [2.45, 2.75) is 16.7 Å². The zero-order valence-electron chi connectivity index (χ0n) is 11.4. The van der Waals surface area contributed by atoms with Gasteiger partial charge in [0.05, 0.1) is 30.1 Å². The quantitative estimate of drug-likeness (QED) is 0.806. The predicted octanol–water partition coefficient (Wildman–Crippen LogP) is 3.09. The molecule has 0 amide bonds. The minimum Gasteiger partial charge on any atom is -0.390 e. The Morgan fingerprint density at radius 2 is 2.00 bits per heavy atom. The van der Waals surface area contributed by atoms with Gasteiger partial charge in [-0.25, -0.2) is 4.98 Å². The molecule has 0 saturated carbocycles. The third-order valence-corrected chi connectivity index (χ3v) is 4.55. The summed E-state index contributed by atoms with van der Waals surface area (Å²) in [6.07, 6.45) is 1.67. The molecule has 0 atom stereocenters. The first-order chi connectivity index (χ1) is 10.2. The molecule has 0 aliphatic heterocycles. The van der Waals surface area contributed by atoms with Gasteiger partial charge in [0.15, 0.2) is 5.16 Å². The monoisotopic (exact) mass is 295 g/mol. The van der Waals surface area contributed by atoms with E-state index in [1.165, 1.54) is 11.8 Å². The van der Waals surface area contributed by atoms with Crippen LogP contribution in [0.15, 0.2) is 52.6 Å². The molecule has 0 saturated heterocycles. The van der Waals surface area contributed by atoms with Gasteiger partial charge in [-0.1, -0.05) is 36.0 Å². The topological polar surface area (TPSA) is 61.8 Å². The Bertz CT molecular complexity index is 848. The van der Waals surface area contributed by atoms with E-state index in [1.54, 1.807) is 6.20 Å². The van der Waals surface area contributed by atoms with Gasteiger partial charge in [-0.05, 0) is 17.5 Å². The molecule has 5 heteroatoms. The van der Waals surface area contributed by atoms with Crippen LogP contribution in [0.1, 0.15) is 11.3 Å². The fourth-order valence-corrected chi connectivity index (χ4v) is 3.20. The summed E-state index contributed by atoms with van der Waals surface area (Å²) in [5.74, 6) is 0. The van der Waals surface area contributed by atoms with Gasteiger partial charge in [-0.15, -0.1) is 0 Å². The van der Waals surface area contributed by atoms with Crippen molar-refractivity contribution in [1.29, 1.82) is 5.26 Å². The van der Waals surface area contributed by atoms with Crippen molar-refractivity contribution in [2.24, 2.45) is 7.05 Å². The number of rotatable bonds is 3. The van der Waals surface area contributed by atoms with Gasteiger partial charge in [0, 0.05) is 17.3 Å². The van der Waals surface area contributed by atoms with E-state index in [0.717, 1.165) is 26.5 Å². The van der Waals surface area contributed by atoms with E-state index < -0.39 is 0 Å². The van der Waals surface area contributed by atoms with Gasteiger partial charge < -0.3 is 9.67 Å². The highest BCUT2D eigenvalue weighted by Crippen LogP contribution is 2.34. The van der Waals surface area contributed by atoms with Gasteiger partial charge >= 0.3 is 0 Å². The van der Waals surface area contributed by atoms with E-state index >= 15 is 0 Å². The summed E-state index contributed by atoms with van der Waals surface area (Å²) in [5, 5.41) is 21.2. The van der Waals surface area contributed by atoms with Crippen molar-refractivity contribution in [3.05, 3.63) is 53.9 Å². The molecule has 0 bridgehead atoms. The van der Waals surface area contributed by atoms with Crippen LogP contribution < -0.4 is 0 Å². The third kappa shape index (κ3) is 2.40. The minimum absolute atomic E-state index is 0.0296. The molecule has 0 spiro atoms. The van der Waals surface area contributed by atoms with Crippen molar-refractivity contribution in [2.75, 3.05) is 0 Å². The molecular formula is C16H13N3OS. The molecule has 0 radical (unpaired) electrons. The van der Waals surface area contributed by atoms with Crippen LogP contribution in [0, 0.1) is 11.3 Å². The average Bonchev–Trinajstić information content (AvgIpc) is 2.88. The van der Waals surface area contributed by atoms with Crippen molar-refractivity contribution < 1.29 is 5.11 Å². The molecule has 1 heterocycles. The Morgan fingerprint density at radius 3 is 2.67 bits per heavy atom. The van der Waals surface area contributed by atoms with Crippen LogP contribution in [0.3, 0.4) is 0 Å². The maximum absolute atomic E-state index is 9.23. The molecule has 1 aromatic heterocycles. The molecule has 104 valence electrons. The van der Waals surface area contributed by atoms with Crippen LogP contribution in [0.2, 0.25) is 0 Å². The standard InChI is InChI=1S/C16H13N3OS/c1-19-12(10-20)9-18-16(19)21-15-7-6-11(8-17)13-4-2-3-5-14(13)15/h2-7,9,20H,10H2,1H3. The van der Waals surface area contributed by atoms with E-state index in [0.29, 0.717) is 5.56 Å². The molecule has 3 aromatic rings. The van der Waals surface area contributed by atoms with Gasteiger partial charge in [-0.2, -0.15) is 5.26 Å². The summed E-state index contributed by atoms with van der Waals surface area (Å²) in [4.78, 5) is 5.38. The van der Waals surface area contributed by atoms with E-state index in [4.69, 9.17) is 0 Å². The lowest BCUT2D eigenvalue weighted by atomic mass is 10.1. The van der Waals surface area contributed by atoms with E-state index in [1.807, 2.05) is 48.0 Å². The van der Waals surface area contributed by atoms with E-state index in [2.05, 4.69) is 11.1 Å². The van der Waals surface area contributed by atoms with Crippen LogP contribution in [-0.4, -0.2) is 14.7 Å². The van der Waals surface area contributed by atoms with Crippen molar-refractivity contribution in [1.82, 2.24) is 9.55 Å². The number of nitrogens with zero attached hydrogens (tertiary/aromatic N) is 3. The number of imidazole rings is 1. The number of hydrogen-bond acceptors (Lipinski definition) is 4. The summed E-state index contributed by atoms with van der Waals surface area (Å²) in [6, 6.07) is 13.9. The van der Waals surface area contributed by atoms with Gasteiger partial charge in [0.1, 0.15) is 0 Å². The summed E-state index contributed by atoms with van der Waals surface area (Å²) in [7, 11) is 1.88. The van der Waals surface area contributed by atoms with Crippen LogP contribution >= 0.6 is 11.8 Å². The first-order valence-electron chi connectivity index (χ1n) is 6.45. The summed E-state index contributed by atoms with van der Waals surface area (Å²) >= 11 is 1.53. The fraction of sp³-hybridized carbons (Fsp3) is 0.125. The third-order valence-electron chi connectivity index (χ3n) is 3.41. The van der Waals surface area contributed by atoms with Crippen molar-refractivity contribution in [3.63, 3.8) is 0 Å². The largest absolute Gasteiger partial charge is 0.390 e. The van der Waals surface area contributed by atoms with Crippen LogP contribution in [0.5, 0.6) is 0 Å². The SMILES string of the molecule is Cn1c(CO)cnc1Sc1ccc(C#N)c2ccccc12. The second-order valence-electron chi connectivity index (χ2n) is 4.62. The van der Waals surface area contributed by atoms with E-state index in [-0.39, 0.29) is 6.61 Å². The van der Waals surface area contributed by atoms with Gasteiger partial charge in [0.25, 0.3) is 0 Å². The second-order valence-corrected chi connectivity index (χ2v) is 5.63. The Labute approximate surface area is 126 Å². The molecular weight excluding hydrogens is 282 g/mol. The number of nitriles is 1.